The van der Waals surface area contributed by atoms with Crippen molar-refractivity contribution in [2.24, 2.45) is 7.05 Å². The third-order valence-electron chi connectivity index (χ3n) is 3.83. The fourth-order valence-electron chi connectivity index (χ4n) is 2.55. The maximum absolute atomic E-state index is 11.9. The molecule has 0 saturated heterocycles. The predicted molar refractivity (Wildman–Crippen MR) is 96.8 cm³/mol. The number of rotatable bonds is 5. The molecule has 0 bridgehead atoms. The minimum Gasteiger partial charge on any atom is -0.445 e. The zero-order valence-corrected chi connectivity index (χ0v) is 14.3. The highest BCUT2D eigenvalue weighted by Crippen LogP contribution is 2.22. The molecule has 0 aliphatic rings. The third-order valence-corrected chi connectivity index (χ3v) is 3.83. The zero-order valence-electron chi connectivity index (χ0n) is 14.3. The van der Waals surface area contributed by atoms with Gasteiger partial charge in [-0.25, -0.2) is 4.79 Å². The van der Waals surface area contributed by atoms with Gasteiger partial charge in [0.15, 0.2) is 0 Å². The van der Waals surface area contributed by atoms with Crippen molar-refractivity contribution in [1.82, 2.24) is 15.1 Å². The molecule has 130 valence electrons. The first kappa shape index (κ1) is 17.2. The Morgan fingerprint density at radius 3 is 2.62 bits per heavy atom. The highest BCUT2D eigenvalue weighted by Gasteiger charge is 2.12. The number of nitrogens with zero attached hydrogens (tertiary/aromatic N) is 3. The minimum atomic E-state index is -0.483. The van der Waals surface area contributed by atoms with Crippen LogP contribution in [0.5, 0.6) is 0 Å². The van der Waals surface area contributed by atoms with Crippen molar-refractivity contribution in [3.8, 4) is 17.3 Å². The topological polar surface area (TPSA) is 79.9 Å². The summed E-state index contributed by atoms with van der Waals surface area (Å²) in [7, 11) is 1.82. The van der Waals surface area contributed by atoms with Crippen molar-refractivity contribution in [3.63, 3.8) is 0 Å². The van der Waals surface area contributed by atoms with Crippen LogP contribution < -0.4 is 5.32 Å². The standard InChI is InChI=1S/C20H18N4O2/c1-24-13-18(19(23-24)17-9-7-15(11-21)8-10-17)12-22-20(25)26-14-16-5-3-2-4-6-16/h2-10,13H,12,14H2,1H3,(H,22,25). The summed E-state index contributed by atoms with van der Waals surface area (Å²) in [4.78, 5) is 11.9. The van der Waals surface area contributed by atoms with Gasteiger partial charge >= 0.3 is 6.09 Å². The molecule has 1 aromatic heterocycles. The molecular formula is C20H18N4O2. The molecule has 1 N–H and O–H groups in total. The highest BCUT2D eigenvalue weighted by molar-refractivity contribution is 5.69. The monoisotopic (exact) mass is 346 g/mol. The van der Waals surface area contributed by atoms with E-state index in [0.717, 1.165) is 22.4 Å². The molecule has 0 radical (unpaired) electrons. The molecule has 1 heterocycles. The Labute approximate surface area is 151 Å². The van der Waals surface area contributed by atoms with Crippen molar-refractivity contribution >= 4 is 6.09 Å². The van der Waals surface area contributed by atoms with Gasteiger partial charge in [0, 0.05) is 30.9 Å². The summed E-state index contributed by atoms with van der Waals surface area (Å²) in [5, 5.41) is 16.1. The number of ether oxygens (including phenoxy) is 1. The second-order valence-corrected chi connectivity index (χ2v) is 5.78. The van der Waals surface area contributed by atoms with E-state index in [9.17, 15) is 4.79 Å². The Hall–Kier alpha value is -3.59. The number of alkyl carbamates (subject to hydrolysis) is 1. The first-order valence-corrected chi connectivity index (χ1v) is 8.13. The first-order valence-electron chi connectivity index (χ1n) is 8.13. The quantitative estimate of drug-likeness (QED) is 0.768. The predicted octanol–water partition coefficient (Wildman–Crippen LogP) is 3.39. The summed E-state index contributed by atoms with van der Waals surface area (Å²) in [6.45, 7) is 0.527. The van der Waals surface area contributed by atoms with Gasteiger partial charge in [-0.2, -0.15) is 10.4 Å². The van der Waals surface area contributed by atoms with Crippen molar-refractivity contribution < 1.29 is 9.53 Å². The Morgan fingerprint density at radius 2 is 1.92 bits per heavy atom. The average molecular weight is 346 g/mol. The summed E-state index contributed by atoms with van der Waals surface area (Å²) >= 11 is 0. The Bertz CT molecular complexity index is 925. The minimum absolute atomic E-state index is 0.224. The van der Waals surface area contributed by atoms with Gasteiger partial charge in [0.1, 0.15) is 6.61 Å². The van der Waals surface area contributed by atoms with Gasteiger partial charge in [-0.3, -0.25) is 4.68 Å². The van der Waals surface area contributed by atoms with E-state index in [2.05, 4.69) is 16.5 Å². The van der Waals surface area contributed by atoms with Crippen LogP contribution in [0.25, 0.3) is 11.3 Å². The smallest absolute Gasteiger partial charge is 0.407 e. The van der Waals surface area contributed by atoms with Crippen molar-refractivity contribution in [2.75, 3.05) is 0 Å². The number of hydrogen-bond acceptors (Lipinski definition) is 4. The highest BCUT2D eigenvalue weighted by atomic mass is 16.5. The molecule has 0 saturated carbocycles. The Balaban J connectivity index is 1.63. The molecule has 0 spiro atoms. The molecule has 0 aliphatic carbocycles. The van der Waals surface area contributed by atoms with E-state index in [1.165, 1.54) is 0 Å². The molecule has 3 aromatic rings. The number of carbonyl (C=O) groups excluding carboxylic acids is 1. The van der Waals surface area contributed by atoms with Crippen LogP contribution in [0.3, 0.4) is 0 Å². The van der Waals surface area contributed by atoms with Gasteiger partial charge in [-0.05, 0) is 17.7 Å². The van der Waals surface area contributed by atoms with Gasteiger partial charge in [0.2, 0.25) is 0 Å². The lowest BCUT2D eigenvalue weighted by Gasteiger charge is -2.07. The van der Waals surface area contributed by atoms with Crippen molar-refractivity contribution in [1.29, 1.82) is 5.26 Å². The summed E-state index contributed by atoms with van der Waals surface area (Å²) < 4.78 is 6.91. The second-order valence-electron chi connectivity index (χ2n) is 5.78. The zero-order chi connectivity index (χ0) is 18.4. The summed E-state index contributed by atoms with van der Waals surface area (Å²) in [5.74, 6) is 0. The lowest BCUT2D eigenvalue weighted by atomic mass is 10.1. The summed E-state index contributed by atoms with van der Waals surface area (Å²) in [5.41, 5.74) is 4.05. The van der Waals surface area contributed by atoms with Crippen LogP contribution in [0.15, 0.2) is 60.8 Å². The molecule has 0 fully saturated rings. The van der Waals surface area contributed by atoms with Gasteiger partial charge in [0.05, 0.1) is 17.3 Å². The number of aryl methyl sites for hydroxylation is 1. The SMILES string of the molecule is Cn1cc(CNC(=O)OCc2ccccc2)c(-c2ccc(C#N)cc2)n1. The summed E-state index contributed by atoms with van der Waals surface area (Å²) in [6, 6.07) is 18.8. The molecule has 26 heavy (non-hydrogen) atoms. The van der Waals surface area contributed by atoms with Crippen LogP contribution >= 0.6 is 0 Å². The molecule has 6 nitrogen and oxygen atoms in total. The molecule has 0 unspecified atom stereocenters. The number of aromatic nitrogens is 2. The van der Waals surface area contributed by atoms with Crippen LogP contribution in [0, 0.1) is 11.3 Å². The van der Waals surface area contributed by atoms with Crippen molar-refractivity contribution in [3.05, 3.63) is 77.5 Å². The van der Waals surface area contributed by atoms with Crippen LogP contribution in [0.1, 0.15) is 16.7 Å². The first-order chi connectivity index (χ1) is 12.7. The van der Waals surface area contributed by atoms with Gasteiger partial charge in [-0.15, -0.1) is 0 Å². The number of benzene rings is 2. The maximum atomic E-state index is 11.9. The molecule has 2 aromatic carbocycles. The van der Waals surface area contributed by atoms with E-state index in [1.807, 2.05) is 55.7 Å². The molecule has 1 amide bonds. The number of nitrogens with one attached hydrogen (secondary N) is 1. The normalized spacial score (nSPS) is 10.2. The lowest BCUT2D eigenvalue weighted by molar-refractivity contribution is 0.139. The summed E-state index contributed by atoms with van der Waals surface area (Å²) in [6.07, 6.45) is 1.37. The molecule has 6 heteroatoms. The number of carbonyl (C=O) groups is 1. The van der Waals surface area contributed by atoms with Gasteiger partial charge in [-0.1, -0.05) is 42.5 Å². The fourth-order valence-corrected chi connectivity index (χ4v) is 2.55. The van der Waals surface area contributed by atoms with Crippen LogP contribution in [0.4, 0.5) is 4.79 Å². The third kappa shape index (κ3) is 4.28. The molecule has 3 rings (SSSR count). The van der Waals surface area contributed by atoms with Crippen molar-refractivity contribution in [2.45, 2.75) is 13.2 Å². The fraction of sp³-hybridized carbons (Fsp3) is 0.150. The van der Waals surface area contributed by atoms with E-state index < -0.39 is 6.09 Å². The Morgan fingerprint density at radius 1 is 1.19 bits per heavy atom. The van der Waals surface area contributed by atoms with E-state index in [-0.39, 0.29) is 6.61 Å². The molecule has 0 atom stereocenters. The molecule has 0 aliphatic heterocycles. The average Bonchev–Trinajstić information content (AvgIpc) is 3.06. The lowest BCUT2D eigenvalue weighted by Crippen LogP contribution is -2.23. The van der Waals surface area contributed by atoms with Gasteiger partial charge < -0.3 is 10.1 Å². The van der Waals surface area contributed by atoms with Crippen LogP contribution in [0.2, 0.25) is 0 Å². The van der Waals surface area contributed by atoms with Crippen LogP contribution in [-0.2, 0) is 24.9 Å². The van der Waals surface area contributed by atoms with E-state index in [0.29, 0.717) is 12.1 Å². The largest absolute Gasteiger partial charge is 0.445 e. The van der Waals surface area contributed by atoms with Gasteiger partial charge in [0.25, 0.3) is 0 Å². The van der Waals surface area contributed by atoms with E-state index in [1.54, 1.807) is 16.8 Å². The van der Waals surface area contributed by atoms with E-state index in [4.69, 9.17) is 10.00 Å². The number of hydrogen-bond donors (Lipinski definition) is 1. The maximum Gasteiger partial charge on any atom is 0.407 e. The second kappa shape index (κ2) is 7.99. The Kier molecular flexibility index (Phi) is 5.30. The molecular weight excluding hydrogens is 328 g/mol. The van der Waals surface area contributed by atoms with E-state index >= 15 is 0 Å². The number of nitriles is 1. The number of amides is 1. The van der Waals surface area contributed by atoms with Crippen LogP contribution in [-0.4, -0.2) is 15.9 Å².